The molecule has 0 spiro atoms. The van der Waals surface area contributed by atoms with Crippen molar-refractivity contribution in [2.75, 3.05) is 0 Å². The van der Waals surface area contributed by atoms with Gasteiger partial charge in [0.05, 0.1) is 4.83 Å². The number of halogens is 1. The van der Waals surface area contributed by atoms with Crippen LogP contribution in [0.2, 0.25) is 0 Å². The van der Waals surface area contributed by atoms with Crippen molar-refractivity contribution < 1.29 is 4.79 Å². The van der Waals surface area contributed by atoms with Crippen LogP contribution in [-0.2, 0) is 4.79 Å². The number of rotatable bonds is 3. The second kappa shape index (κ2) is 3.88. The quantitative estimate of drug-likeness (QED) is 0.675. The van der Waals surface area contributed by atoms with Gasteiger partial charge in [-0.15, -0.1) is 0 Å². The fourth-order valence-electron chi connectivity index (χ4n) is 0.487. The molecule has 0 saturated heterocycles. The summed E-state index contributed by atoms with van der Waals surface area (Å²) in [7, 11) is 0. The average molecular weight is 194 g/mol. The first-order valence-electron chi connectivity index (χ1n) is 3.03. The van der Waals surface area contributed by atoms with E-state index in [-0.39, 0.29) is 10.7 Å². The largest absolute Gasteiger partial charge is 0.369 e. The fourth-order valence-corrected chi connectivity index (χ4v) is 0.861. The molecule has 2 nitrogen and oxygen atoms in total. The zero-order valence-corrected chi connectivity index (χ0v) is 7.31. The molecule has 0 rings (SSSR count). The molecule has 9 heavy (non-hydrogen) atoms. The zero-order chi connectivity index (χ0) is 7.44. The normalized spacial score (nSPS) is 16.8. The molecule has 0 bridgehead atoms. The van der Waals surface area contributed by atoms with E-state index in [1.807, 2.05) is 13.8 Å². The molecule has 2 N–H and O–H groups in total. The van der Waals surface area contributed by atoms with E-state index < -0.39 is 0 Å². The smallest absolute Gasteiger partial charge is 0.231 e. The number of primary amides is 1. The van der Waals surface area contributed by atoms with Crippen molar-refractivity contribution in [3.63, 3.8) is 0 Å². The highest BCUT2D eigenvalue weighted by Gasteiger charge is 2.16. The molecular weight excluding hydrogens is 182 g/mol. The van der Waals surface area contributed by atoms with E-state index in [2.05, 4.69) is 15.9 Å². The summed E-state index contributed by atoms with van der Waals surface area (Å²) in [5.41, 5.74) is 5.03. The van der Waals surface area contributed by atoms with Gasteiger partial charge in [-0.25, -0.2) is 0 Å². The molecule has 54 valence electrons. The maximum Gasteiger partial charge on any atom is 0.231 e. The first kappa shape index (κ1) is 8.95. The Labute approximate surface area is 63.9 Å². The van der Waals surface area contributed by atoms with Crippen molar-refractivity contribution >= 4 is 21.8 Å². The van der Waals surface area contributed by atoms with Gasteiger partial charge in [0.1, 0.15) is 0 Å². The minimum Gasteiger partial charge on any atom is -0.369 e. The molecule has 2 atom stereocenters. The van der Waals surface area contributed by atoms with Crippen molar-refractivity contribution in [1.29, 1.82) is 0 Å². The lowest BCUT2D eigenvalue weighted by molar-refractivity contribution is -0.118. The lowest BCUT2D eigenvalue weighted by Crippen LogP contribution is -2.28. The Balaban J connectivity index is 3.72. The third kappa shape index (κ3) is 2.84. The zero-order valence-electron chi connectivity index (χ0n) is 5.73. The lowest BCUT2D eigenvalue weighted by Gasteiger charge is -2.11. The maximum absolute atomic E-state index is 10.5. The SMILES string of the molecule is CC[C@H](C)[C@H](Br)C(N)=O. The molecule has 0 aliphatic rings. The van der Waals surface area contributed by atoms with E-state index in [0.717, 1.165) is 6.42 Å². The number of nitrogens with two attached hydrogens (primary N) is 1. The van der Waals surface area contributed by atoms with Crippen LogP contribution in [0.4, 0.5) is 0 Å². The van der Waals surface area contributed by atoms with Gasteiger partial charge in [-0.1, -0.05) is 36.2 Å². The van der Waals surface area contributed by atoms with Gasteiger partial charge in [-0.2, -0.15) is 0 Å². The van der Waals surface area contributed by atoms with E-state index in [0.29, 0.717) is 5.92 Å². The van der Waals surface area contributed by atoms with E-state index in [4.69, 9.17) is 5.73 Å². The molecule has 0 aliphatic heterocycles. The predicted octanol–water partition coefficient (Wildman–Crippen LogP) is 1.28. The molecule has 0 radical (unpaired) electrons. The van der Waals surface area contributed by atoms with E-state index >= 15 is 0 Å². The van der Waals surface area contributed by atoms with Crippen molar-refractivity contribution in [2.45, 2.75) is 25.1 Å². The van der Waals surface area contributed by atoms with Crippen LogP contribution < -0.4 is 5.73 Å². The van der Waals surface area contributed by atoms with Crippen molar-refractivity contribution in [1.82, 2.24) is 0 Å². The second-order valence-corrected chi connectivity index (χ2v) is 3.18. The molecule has 0 aromatic rings. The van der Waals surface area contributed by atoms with Crippen LogP contribution in [0.5, 0.6) is 0 Å². The number of hydrogen-bond acceptors (Lipinski definition) is 1. The summed E-state index contributed by atoms with van der Waals surface area (Å²) < 4.78 is 0. The topological polar surface area (TPSA) is 43.1 Å². The molecular formula is C6H12BrNO. The standard InChI is InChI=1S/C6H12BrNO/c1-3-4(2)5(7)6(8)9/h4-5H,3H2,1-2H3,(H2,8,9)/t4-,5-/m0/s1. The number of carbonyl (C=O) groups is 1. The first-order chi connectivity index (χ1) is 4.09. The molecule has 0 saturated carbocycles. The third-order valence-electron chi connectivity index (χ3n) is 1.42. The van der Waals surface area contributed by atoms with Gasteiger partial charge >= 0.3 is 0 Å². The minimum absolute atomic E-state index is 0.164. The number of hydrogen-bond donors (Lipinski definition) is 1. The van der Waals surface area contributed by atoms with Crippen LogP contribution in [-0.4, -0.2) is 10.7 Å². The third-order valence-corrected chi connectivity index (χ3v) is 2.77. The molecule has 0 aromatic carbocycles. The van der Waals surface area contributed by atoms with E-state index in [1.165, 1.54) is 0 Å². The van der Waals surface area contributed by atoms with Crippen molar-refractivity contribution in [3.05, 3.63) is 0 Å². The Morgan fingerprint density at radius 1 is 1.78 bits per heavy atom. The average Bonchev–Trinajstić information content (AvgIpc) is 1.84. The second-order valence-electron chi connectivity index (χ2n) is 2.19. The van der Waals surface area contributed by atoms with Crippen molar-refractivity contribution in [2.24, 2.45) is 11.7 Å². The number of carbonyl (C=O) groups excluding carboxylic acids is 1. The van der Waals surface area contributed by atoms with Crippen molar-refractivity contribution in [3.8, 4) is 0 Å². The minimum atomic E-state index is -0.274. The Bertz CT molecular complexity index is 105. The van der Waals surface area contributed by atoms with Gasteiger partial charge in [0, 0.05) is 0 Å². The Kier molecular flexibility index (Phi) is 3.86. The van der Waals surface area contributed by atoms with Gasteiger partial charge in [-0.3, -0.25) is 4.79 Å². The number of amides is 1. The summed E-state index contributed by atoms with van der Waals surface area (Å²) >= 11 is 3.19. The Hall–Kier alpha value is -0.0500. The fraction of sp³-hybridized carbons (Fsp3) is 0.833. The molecule has 0 aromatic heterocycles. The summed E-state index contributed by atoms with van der Waals surface area (Å²) in [5, 5.41) is 0. The van der Waals surface area contributed by atoms with Crippen LogP contribution in [0.15, 0.2) is 0 Å². The summed E-state index contributed by atoms with van der Waals surface area (Å²) in [5.74, 6) is 0.0619. The highest BCUT2D eigenvalue weighted by Crippen LogP contribution is 2.14. The van der Waals surface area contributed by atoms with E-state index in [9.17, 15) is 4.79 Å². The molecule has 1 amide bonds. The maximum atomic E-state index is 10.5. The summed E-state index contributed by atoms with van der Waals surface area (Å²) in [4.78, 5) is 10.3. The van der Waals surface area contributed by atoms with Gasteiger partial charge < -0.3 is 5.73 Å². The highest BCUT2D eigenvalue weighted by molar-refractivity contribution is 9.10. The molecule has 0 aliphatic carbocycles. The highest BCUT2D eigenvalue weighted by atomic mass is 79.9. The van der Waals surface area contributed by atoms with Gasteiger partial charge in [0.15, 0.2) is 0 Å². The first-order valence-corrected chi connectivity index (χ1v) is 3.94. The summed E-state index contributed by atoms with van der Waals surface area (Å²) in [6.45, 7) is 4.02. The Morgan fingerprint density at radius 3 is 2.33 bits per heavy atom. The van der Waals surface area contributed by atoms with Gasteiger partial charge in [0.25, 0.3) is 0 Å². The molecule has 0 fully saturated rings. The van der Waals surface area contributed by atoms with Crippen LogP contribution in [0, 0.1) is 5.92 Å². The van der Waals surface area contributed by atoms with Crippen LogP contribution >= 0.6 is 15.9 Å². The lowest BCUT2D eigenvalue weighted by atomic mass is 10.1. The van der Waals surface area contributed by atoms with E-state index in [1.54, 1.807) is 0 Å². The van der Waals surface area contributed by atoms with Gasteiger partial charge in [-0.05, 0) is 5.92 Å². The van der Waals surface area contributed by atoms with Crippen LogP contribution in [0.1, 0.15) is 20.3 Å². The van der Waals surface area contributed by atoms with Crippen LogP contribution in [0.25, 0.3) is 0 Å². The number of alkyl halides is 1. The monoisotopic (exact) mass is 193 g/mol. The summed E-state index contributed by atoms with van der Waals surface area (Å²) in [6.07, 6.45) is 0.971. The Morgan fingerprint density at radius 2 is 2.22 bits per heavy atom. The van der Waals surface area contributed by atoms with Crippen LogP contribution in [0.3, 0.4) is 0 Å². The predicted molar refractivity (Wildman–Crippen MR) is 41.4 cm³/mol. The molecule has 3 heteroatoms. The van der Waals surface area contributed by atoms with Gasteiger partial charge in [0.2, 0.25) is 5.91 Å². The molecule has 0 heterocycles. The molecule has 0 unspecified atom stereocenters. The summed E-state index contributed by atoms with van der Waals surface area (Å²) in [6, 6.07) is 0.